The van der Waals surface area contributed by atoms with Gasteiger partial charge in [-0.05, 0) is 18.2 Å². The number of aryl methyl sites for hydroxylation is 1. The number of halogens is 1. The number of carboxylic acid groups (broad SMARTS) is 1. The minimum atomic E-state index is -1.39. The van der Waals surface area contributed by atoms with E-state index in [1.54, 1.807) is 24.1 Å². The number of cyclic esters (lactones) is 1. The van der Waals surface area contributed by atoms with Crippen molar-refractivity contribution in [2.24, 2.45) is 7.05 Å². The third-order valence-corrected chi connectivity index (χ3v) is 6.74. The Hall–Kier alpha value is -4.79. The maximum atomic E-state index is 14.8. The van der Waals surface area contributed by atoms with Gasteiger partial charge in [-0.15, -0.1) is 0 Å². The molecule has 0 spiro atoms. The highest BCUT2D eigenvalue weighted by Crippen LogP contribution is 2.30. The van der Waals surface area contributed by atoms with Crippen molar-refractivity contribution in [1.29, 1.82) is 0 Å². The number of aromatic carboxylic acids is 1. The summed E-state index contributed by atoms with van der Waals surface area (Å²) in [6.07, 6.45) is 0.146. The predicted molar refractivity (Wildman–Crippen MR) is 134 cm³/mol. The van der Waals surface area contributed by atoms with Gasteiger partial charge in [0, 0.05) is 38.9 Å². The van der Waals surface area contributed by atoms with E-state index in [0.717, 1.165) is 12.3 Å². The molecule has 0 aromatic carbocycles. The summed E-state index contributed by atoms with van der Waals surface area (Å²) < 4.78 is 27.0. The Morgan fingerprint density at radius 2 is 2.03 bits per heavy atom. The van der Waals surface area contributed by atoms with Crippen molar-refractivity contribution < 1.29 is 33.4 Å². The molecule has 202 valence electrons. The first-order valence-corrected chi connectivity index (χ1v) is 12.0. The van der Waals surface area contributed by atoms with Gasteiger partial charge in [0.1, 0.15) is 23.1 Å². The Morgan fingerprint density at radius 3 is 2.79 bits per heavy atom. The van der Waals surface area contributed by atoms with Gasteiger partial charge < -0.3 is 34.7 Å². The highest BCUT2D eigenvalue weighted by Gasteiger charge is 2.36. The lowest BCUT2D eigenvalue weighted by atomic mass is 10.1. The summed E-state index contributed by atoms with van der Waals surface area (Å²) in [6, 6.07) is 4.23. The SMILES string of the molecule is Cn1cc(C(=O)O)c(=O)c2cc(F)c(N3CC(NCC4CN(c5ccc6c(n5)NC(=O)CO6)C(=O)O4)C3)nc21. The minimum Gasteiger partial charge on any atom is -0.480 e. The number of pyridine rings is 3. The quantitative estimate of drug-likeness (QED) is 0.394. The standard InChI is InChI=1S/C24H22FN7O7/c1-30-9-14(23(35)36)19(34)13-4-15(25)22(29-21(13)30)31-6-11(7-31)26-5-12-8-32(24(37)39-12)17-3-2-16-20(27-17)28-18(33)10-38-16/h2-4,9,11-12,26H,5-8,10H2,1H3,(H,35,36)(H,27,28,33). The highest BCUT2D eigenvalue weighted by atomic mass is 19.1. The van der Waals surface area contributed by atoms with Crippen LogP contribution >= 0.6 is 0 Å². The molecule has 15 heteroatoms. The number of hydrogen-bond acceptors (Lipinski definition) is 10. The van der Waals surface area contributed by atoms with Gasteiger partial charge in [-0.1, -0.05) is 0 Å². The molecule has 6 heterocycles. The number of carbonyl (C=O) groups excluding carboxylic acids is 2. The van der Waals surface area contributed by atoms with Gasteiger partial charge in [-0.2, -0.15) is 0 Å². The van der Waals surface area contributed by atoms with E-state index >= 15 is 0 Å². The molecule has 0 bridgehead atoms. The second-order valence-corrected chi connectivity index (χ2v) is 9.43. The molecule has 0 radical (unpaired) electrons. The highest BCUT2D eigenvalue weighted by molar-refractivity contribution is 5.95. The van der Waals surface area contributed by atoms with Crippen LogP contribution in [0.2, 0.25) is 0 Å². The number of amides is 2. The zero-order valence-electron chi connectivity index (χ0n) is 20.5. The van der Waals surface area contributed by atoms with E-state index in [4.69, 9.17) is 9.47 Å². The number of carbonyl (C=O) groups is 3. The molecule has 14 nitrogen and oxygen atoms in total. The van der Waals surface area contributed by atoms with Crippen LogP contribution in [0.5, 0.6) is 5.75 Å². The maximum Gasteiger partial charge on any atom is 0.416 e. The first-order chi connectivity index (χ1) is 18.7. The fourth-order valence-corrected chi connectivity index (χ4v) is 4.74. The van der Waals surface area contributed by atoms with Gasteiger partial charge in [-0.25, -0.2) is 23.9 Å². The molecule has 3 aliphatic heterocycles. The molecule has 3 aromatic rings. The Labute approximate surface area is 218 Å². The first-order valence-electron chi connectivity index (χ1n) is 12.0. The number of ether oxygens (including phenoxy) is 2. The molecule has 6 rings (SSSR count). The molecule has 1 atom stereocenters. The smallest absolute Gasteiger partial charge is 0.416 e. The van der Waals surface area contributed by atoms with Crippen LogP contribution in [0.3, 0.4) is 0 Å². The van der Waals surface area contributed by atoms with Crippen LogP contribution < -0.4 is 30.6 Å². The van der Waals surface area contributed by atoms with Crippen LogP contribution in [0.4, 0.5) is 26.6 Å². The summed E-state index contributed by atoms with van der Waals surface area (Å²) in [5.41, 5.74) is -1.07. The normalized spacial score (nSPS) is 18.9. The lowest BCUT2D eigenvalue weighted by Crippen LogP contribution is -2.59. The number of carboxylic acids is 1. The fourth-order valence-electron chi connectivity index (χ4n) is 4.74. The van der Waals surface area contributed by atoms with Gasteiger partial charge in [-0.3, -0.25) is 14.5 Å². The van der Waals surface area contributed by atoms with Crippen molar-refractivity contribution in [2.45, 2.75) is 12.1 Å². The molecule has 3 aromatic heterocycles. The van der Waals surface area contributed by atoms with Crippen LogP contribution in [-0.2, 0) is 16.6 Å². The topological polar surface area (TPSA) is 168 Å². The van der Waals surface area contributed by atoms with E-state index < -0.39 is 35.0 Å². The van der Waals surface area contributed by atoms with Crippen molar-refractivity contribution >= 4 is 46.5 Å². The molecular weight excluding hydrogens is 517 g/mol. The molecule has 3 aliphatic rings. The Kier molecular flexibility index (Phi) is 5.79. The number of fused-ring (bicyclic) bond motifs is 2. The number of hydrogen-bond donors (Lipinski definition) is 3. The largest absolute Gasteiger partial charge is 0.480 e. The van der Waals surface area contributed by atoms with Crippen LogP contribution in [0.15, 0.2) is 29.2 Å². The maximum absolute atomic E-state index is 14.8. The summed E-state index contributed by atoms with van der Waals surface area (Å²) in [7, 11) is 1.54. The van der Waals surface area contributed by atoms with E-state index in [1.165, 1.54) is 9.47 Å². The molecule has 2 saturated heterocycles. The lowest BCUT2D eigenvalue weighted by Gasteiger charge is -2.41. The van der Waals surface area contributed by atoms with Crippen molar-refractivity contribution in [2.75, 3.05) is 47.9 Å². The predicted octanol–water partition coefficient (Wildman–Crippen LogP) is 0.300. The monoisotopic (exact) mass is 539 g/mol. The van der Waals surface area contributed by atoms with Crippen molar-refractivity contribution in [3.05, 3.63) is 46.0 Å². The summed E-state index contributed by atoms with van der Waals surface area (Å²) in [5.74, 6) is -1.40. The number of nitrogens with zero attached hydrogens (tertiary/aromatic N) is 5. The zero-order chi connectivity index (χ0) is 27.4. The minimum absolute atomic E-state index is 0.0258. The Bertz CT molecular complexity index is 1600. The summed E-state index contributed by atoms with van der Waals surface area (Å²) in [6.45, 7) is 1.35. The molecular formula is C24H22FN7O7. The average Bonchev–Trinajstić information content (AvgIpc) is 3.25. The number of aromatic nitrogens is 3. The van der Waals surface area contributed by atoms with Crippen LogP contribution in [0.25, 0.3) is 11.0 Å². The van der Waals surface area contributed by atoms with Crippen LogP contribution in [0, 0.1) is 5.82 Å². The van der Waals surface area contributed by atoms with Crippen LogP contribution in [-0.4, -0.2) is 82.5 Å². The van der Waals surface area contributed by atoms with E-state index in [2.05, 4.69) is 20.6 Å². The fraction of sp³-hybridized carbons (Fsp3) is 0.333. The van der Waals surface area contributed by atoms with Crippen molar-refractivity contribution in [1.82, 2.24) is 19.9 Å². The Balaban J connectivity index is 1.07. The van der Waals surface area contributed by atoms with Gasteiger partial charge in [0.15, 0.2) is 29.8 Å². The van der Waals surface area contributed by atoms with Gasteiger partial charge in [0.05, 0.1) is 11.9 Å². The summed E-state index contributed by atoms with van der Waals surface area (Å²) in [5, 5.41) is 15.0. The molecule has 1 unspecified atom stereocenters. The number of nitrogens with one attached hydrogen (secondary N) is 2. The molecule has 0 aliphatic carbocycles. The van der Waals surface area contributed by atoms with Crippen molar-refractivity contribution in [3.8, 4) is 5.75 Å². The Morgan fingerprint density at radius 1 is 1.23 bits per heavy atom. The second-order valence-electron chi connectivity index (χ2n) is 9.43. The van der Waals surface area contributed by atoms with E-state index in [9.17, 15) is 28.7 Å². The third kappa shape index (κ3) is 4.35. The van der Waals surface area contributed by atoms with Crippen LogP contribution in [0.1, 0.15) is 10.4 Å². The first kappa shape index (κ1) is 24.5. The van der Waals surface area contributed by atoms with Gasteiger partial charge >= 0.3 is 12.1 Å². The molecule has 0 saturated carbocycles. The summed E-state index contributed by atoms with van der Waals surface area (Å²) in [4.78, 5) is 59.4. The van der Waals surface area contributed by atoms with Gasteiger partial charge in [0.2, 0.25) is 5.43 Å². The average molecular weight is 539 g/mol. The van der Waals surface area contributed by atoms with E-state index in [-0.39, 0.29) is 47.8 Å². The summed E-state index contributed by atoms with van der Waals surface area (Å²) >= 11 is 0. The van der Waals surface area contributed by atoms with Gasteiger partial charge in [0.25, 0.3) is 5.91 Å². The second kappa shape index (κ2) is 9.20. The molecule has 2 fully saturated rings. The molecule has 2 amide bonds. The number of anilines is 3. The number of rotatable bonds is 6. The zero-order valence-corrected chi connectivity index (χ0v) is 20.5. The molecule has 39 heavy (non-hydrogen) atoms. The molecule has 3 N–H and O–H groups in total. The van der Waals surface area contributed by atoms with E-state index in [1.807, 2.05) is 0 Å². The van der Waals surface area contributed by atoms with Crippen molar-refractivity contribution in [3.63, 3.8) is 0 Å². The lowest BCUT2D eigenvalue weighted by molar-refractivity contribution is -0.118. The third-order valence-electron chi connectivity index (χ3n) is 6.74. The van der Waals surface area contributed by atoms with E-state index in [0.29, 0.717) is 31.2 Å².